The van der Waals surface area contributed by atoms with E-state index < -0.39 is 0 Å². The number of benzene rings is 1. The van der Waals surface area contributed by atoms with Crippen LogP contribution >= 0.6 is 0 Å². The highest BCUT2D eigenvalue weighted by molar-refractivity contribution is 6.18. The largest absolute Gasteiger partial charge is 0.495 e. The van der Waals surface area contributed by atoms with Gasteiger partial charge in [-0.15, -0.1) is 0 Å². The van der Waals surface area contributed by atoms with Crippen molar-refractivity contribution < 1.29 is 14.3 Å². The van der Waals surface area contributed by atoms with Crippen LogP contribution < -0.4 is 10.1 Å². The van der Waals surface area contributed by atoms with Crippen LogP contribution in [0.4, 0.5) is 5.69 Å². The minimum Gasteiger partial charge on any atom is -0.495 e. The molecule has 2 aliphatic heterocycles. The Labute approximate surface area is 151 Å². The van der Waals surface area contributed by atoms with Gasteiger partial charge in [0.2, 0.25) is 0 Å². The molecule has 1 aliphatic carbocycles. The van der Waals surface area contributed by atoms with Gasteiger partial charge in [0.15, 0.2) is 0 Å². The van der Waals surface area contributed by atoms with Gasteiger partial charge in [-0.05, 0) is 18.2 Å². The molecule has 1 atom stereocenters. The number of likely N-dealkylation sites (tertiary alicyclic amines) is 1. The zero-order valence-electron chi connectivity index (χ0n) is 14.4. The van der Waals surface area contributed by atoms with Gasteiger partial charge in [-0.1, -0.05) is 30.4 Å². The third-order valence-corrected chi connectivity index (χ3v) is 4.74. The number of anilines is 1. The number of fused-ring (bicyclic) bond motifs is 1. The number of aliphatic imine (C=N–C) groups is 1. The Hall–Kier alpha value is -3.15. The van der Waals surface area contributed by atoms with Gasteiger partial charge in [0, 0.05) is 24.7 Å². The third kappa shape index (κ3) is 2.94. The van der Waals surface area contributed by atoms with E-state index in [9.17, 15) is 9.59 Å². The number of hydrogen-bond acceptors (Lipinski definition) is 4. The molecule has 0 bridgehead atoms. The number of amides is 2. The van der Waals surface area contributed by atoms with Crippen molar-refractivity contribution in [1.82, 2.24) is 4.90 Å². The van der Waals surface area contributed by atoms with Gasteiger partial charge in [-0.3, -0.25) is 9.59 Å². The molecule has 1 saturated heterocycles. The molecule has 3 aliphatic rings. The molecule has 0 spiro atoms. The summed E-state index contributed by atoms with van der Waals surface area (Å²) in [6.45, 7) is 1.17. The lowest BCUT2D eigenvalue weighted by atomic mass is 9.86. The third-order valence-electron chi connectivity index (χ3n) is 4.74. The Bertz CT molecular complexity index is 876. The predicted octanol–water partition coefficient (Wildman–Crippen LogP) is 1.97. The van der Waals surface area contributed by atoms with E-state index in [-0.39, 0.29) is 23.8 Å². The number of nitrogens with one attached hydrogen (secondary N) is 1. The maximum Gasteiger partial charge on any atom is 0.270 e. The van der Waals surface area contributed by atoms with Crippen molar-refractivity contribution in [3.8, 4) is 5.75 Å². The molecule has 1 aromatic rings. The summed E-state index contributed by atoms with van der Waals surface area (Å²) in [4.78, 5) is 30.4. The maximum absolute atomic E-state index is 12.8. The van der Waals surface area contributed by atoms with E-state index in [2.05, 4.69) is 10.3 Å². The highest BCUT2D eigenvalue weighted by Crippen LogP contribution is 2.29. The maximum atomic E-state index is 12.8. The molecule has 1 N–H and O–H groups in total. The summed E-state index contributed by atoms with van der Waals surface area (Å²) in [5.74, 6) is 0.0711. The number of methoxy groups -OCH3 is 1. The molecule has 0 radical (unpaired) electrons. The van der Waals surface area contributed by atoms with Crippen molar-refractivity contribution in [2.75, 3.05) is 25.5 Å². The molecule has 0 saturated carbocycles. The molecule has 6 heteroatoms. The highest BCUT2D eigenvalue weighted by atomic mass is 16.5. The van der Waals surface area contributed by atoms with Crippen LogP contribution in [0.25, 0.3) is 0 Å². The number of para-hydroxylation sites is 2. The number of dihydropyridines is 1. The lowest BCUT2D eigenvalue weighted by molar-refractivity contribution is -0.131. The van der Waals surface area contributed by atoms with Gasteiger partial charge < -0.3 is 15.0 Å². The Morgan fingerprint density at radius 3 is 2.88 bits per heavy atom. The first kappa shape index (κ1) is 16.3. The van der Waals surface area contributed by atoms with Crippen molar-refractivity contribution in [1.29, 1.82) is 0 Å². The average Bonchev–Trinajstić information content (AvgIpc) is 2.63. The van der Waals surface area contributed by atoms with Gasteiger partial charge in [0.1, 0.15) is 5.75 Å². The fourth-order valence-electron chi connectivity index (χ4n) is 3.38. The van der Waals surface area contributed by atoms with Crippen LogP contribution in [0.1, 0.15) is 0 Å². The first-order valence-corrected chi connectivity index (χ1v) is 8.53. The van der Waals surface area contributed by atoms with E-state index in [1.807, 2.05) is 42.5 Å². The molecule has 4 rings (SSSR count). The van der Waals surface area contributed by atoms with Crippen LogP contribution in [0.2, 0.25) is 0 Å². The molecule has 2 heterocycles. The smallest absolute Gasteiger partial charge is 0.270 e. The molecule has 6 nitrogen and oxygen atoms in total. The fraction of sp³-hybridized carbons (Fsp3) is 0.250. The summed E-state index contributed by atoms with van der Waals surface area (Å²) >= 11 is 0. The summed E-state index contributed by atoms with van der Waals surface area (Å²) in [6, 6.07) is 7.86. The average molecular weight is 349 g/mol. The van der Waals surface area contributed by atoms with Crippen LogP contribution in [-0.4, -0.2) is 48.7 Å². The van der Waals surface area contributed by atoms with E-state index in [1.165, 1.54) is 6.08 Å². The number of ether oxygens (including phenoxy) is 1. The Balaban J connectivity index is 1.41. The number of allylic oxidation sites excluding steroid dienone is 4. The van der Waals surface area contributed by atoms with E-state index in [1.54, 1.807) is 18.1 Å². The van der Waals surface area contributed by atoms with Crippen LogP contribution in [0, 0.1) is 5.92 Å². The molecule has 132 valence electrons. The second-order valence-electron chi connectivity index (χ2n) is 6.45. The Morgan fingerprint density at radius 1 is 1.27 bits per heavy atom. The number of carbonyl (C=O) groups is 2. The predicted molar refractivity (Wildman–Crippen MR) is 99.3 cm³/mol. The normalized spacial score (nSPS) is 21.5. The molecule has 2 amide bonds. The number of nitrogens with zero attached hydrogens (tertiary/aromatic N) is 2. The summed E-state index contributed by atoms with van der Waals surface area (Å²) in [7, 11) is 1.63. The van der Waals surface area contributed by atoms with Crippen molar-refractivity contribution in [2.45, 2.75) is 6.04 Å². The molecule has 0 aromatic heterocycles. The summed E-state index contributed by atoms with van der Waals surface area (Å²) in [5, 5.41) is 3.40. The van der Waals surface area contributed by atoms with Gasteiger partial charge >= 0.3 is 0 Å². The molecule has 1 aromatic carbocycles. The van der Waals surface area contributed by atoms with Crippen molar-refractivity contribution in [3.63, 3.8) is 0 Å². The fourth-order valence-corrected chi connectivity index (χ4v) is 3.38. The van der Waals surface area contributed by atoms with Crippen molar-refractivity contribution >= 4 is 23.2 Å². The lowest BCUT2D eigenvalue weighted by Crippen LogP contribution is -2.58. The zero-order valence-corrected chi connectivity index (χ0v) is 14.4. The molecular formula is C20H19N3O3. The quantitative estimate of drug-likeness (QED) is 0.902. The van der Waals surface area contributed by atoms with Crippen molar-refractivity contribution in [2.24, 2.45) is 10.9 Å². The second kappa shape index (κ2) is 6.63. The topological polar surface area (TPSA) is 71.0 Å². The van der Waals surface area contributed by atoms with E-state index in [0.29, 0.717) is 24.4 Å². The Morgan fingerprint density at radius 2 is 2.08 bits per heavy atom. The van der Waals surface area contributed by atoms with Crippen LogP contribution in [0.5, 0.6) is 5.75 Å². The first-order chi connectivity index (χ1) is 12.7. The minimum atomic E-state index is -0.372. The molecule has 1 unspecified atom stereocenters. The van der Waals surface area contributed by atoms with Gasteiger partial charge in [0.25, 0.3) is 11.8 Å². The first-order valence-electron chi connectivity index (χ1n) is 8.53. The molecular weight excluding hydrogens is 330 g/mol. The van der Waals surface area contributed by atoms with E-state index >= 15 is 0 Å². The SMILES string of the molecule is COc1ccccc1NC1CN(C(=O)C2=CC(=O)N=C3C=CC=CC23)C1. The Kier molecular flexibility index (Phi) is 4.16. The van der Waals surface area contributed by atoms with Crippen LogP contribution in [0.15, 0.2) is 65.2 Å². The van der Waals surface area contributed by atoms with Crippen LogP contribution in [-0.2, 0) is 9.59 Å². The number of hydrogen-bond donors (Lipinski definition) is 1. The second-order valence-corrected chi connectivity index (χ2v) is 6.45. The summed E-state index contributed by atoms with van der Waals surface area (Å²) in [6.07, 6.45) is 8.75. The van der Waals surface area contributed by atoms with Gasteiger partial charge in [-0.2, -0.15) is 0 Å². The van der Waals surface area contributed by atoms with Crippen LogP contribution in [0.3, 0.4) is 0 Å². The molecule has 1 fully saturated rings. The van der Waals surface area contributed by atoms with Gasteiger partial charge in [0.05, 0.1) is 30.5 Å². The minimum absolute atomic E-state index is 0.103. The summed E-state index contributed by atoms with van der Waals surface area (Å²) in [5.41, 5.74) is 2.04. The standard InChI is InChI=1S/C20H19N3O3/c1-26-18-9-5-4-8-17(18)21-13-11-23(12-13)20(25)15-10-19(24)22-16-7-3-2-6-14(15)16/h2-10,13-14,21H,11-12H2,1H3. The number of rotatable bonds is 4. The monoisotopic (exact) mass is 349 g/mol. The van der Waals surface area contributed by atoms with Crippen molar-refractivity contribution in [3.05, 3.63) is 60.2 Å². The van der Waals surface area contributed by atoms with E-state index in [0.717, 1.165) is 11.4 Å². The van der Waals surface area contributed by atoms with E-state index in [4.69, 9.17) is 4.74 Å². The number of carbonyl (C=O) groups excluding carboxylic acids is 2. The van der Waals surface area contributed by atoms with Gasteiger partial charge in [-0.25, -0.2) is 4.99 Å². The zero-order chi connectivity index (χ0) is 18.1. The highest BCUT2D eigenvalue weighted by Gasteiger charge is 2.37. The molecule has 26 heavy (non-hydrogen) atoms. The lowest BCUT2D eigenvalue weighted by Gasteiger charge is -2.41. The summed E-state index contributed by atoms with van der Waals surface area (Å²) < 4.78 is 5.34.